The topological polar surface area (TPSA) is 68.3 Å². The van der Waals surface area contributed by atoms with Crippen LogP contribution in [0.25, 0.3) is 11.0 Å². The molecule has 0 fully saturated rings. The molecule has 0 aliphatic heterocycles. The monoisotopic (exact) mass is 266 g/mol. The average molecular weight is 266 g/mol. The van der Waals surface area contributed by atoms with Gasteiger partial charge in [0.25, 0.3) is 5.91 Å². The molecule has 0 spiro atoms. The number of amides is 1. The van der Waals surface area contributed by atoms with E-state index in [9.17, 15) is 4.79 Å². The third-order valence-electron chi connectivity index (χ3n) is 3.07. The van der Waals surface area contributed by atoms with Crippen LogP contribution in [0.4, 0.5) is 11.4 Å². The second-order valence-corrected chi connectivity index (χ2v) is 4.69. The highest BCUT2D eigenvalue weighted by Crippen LogP contribution is 2.23. The van der Waals surface area contributed by atoms with Gasteiger partial charge in [-0.05, 0) is 55.5 Å². The fourth-order valence-corrected chi connectivity index (χ4v) is 2.09. The molecule has 0 saturated heterocycles. The fourth-order valence-electron chi connectivity index (χ4n) is 2.09. The van der Waals surface area contributed by atoms with E-state index in [1.165, 1.54) is 0 Å². The Hall–Kier alpha value is -2.75. The van der Waals surface area contributed by atoms with Crippen LogP contribution in [0.3, 0.4) is 0 Å². The first-order valence-corrected chi connectivity index (χ1v) is 6.29. The van der Waals surface area contributed by atoms with Crippen LogP contribution >= 0.6 is 0 Å². The molecule has 1 amide bonds. The van der Waals surface area contributed by atoms with Gasteiger partial charge >= 0.3 is 0 Å². The maximum absolute atomic E-state index is 12.1. The van der Waals surface area contributed by atoms with Gasteiger partial charge < -0.3 is 15.5 Å². The number of nitrogens with two attached hydrogens (primary N) is 1. The summed E-state index contributed by atoms with van der Waals surface area (Å²) in [6.45, 7) is 1.90. The van der Waals surface area contributed by atoms with Gasteiger partial charge in [-0.1, -0.05) is 0 Å². The standard InChI is InChI=1S/C16H14N2O2/c1-10-8-12-9-14(6-7-15(12)20-10)18-16(19)11-2-4-13(17)5-3-11/h2-9H,17H2,1H3,(H,18,19). The van der Waals surface area contributed by atoms with Crippen molar-refractivity contribution >= 4 is 28.3 Å². The normalized spacial score (nSPS) is 10.7. The number of rotatable bonds is 2. The van der Waals surface area contributed by atoms with Crippen molar-refractivity contribution in [3.8, 4) is 0 Å². The molecule has 100 valence electrons. The van der Waals surface area contributed by atoms with Gasteiger partial charge in [-0.15, -0.1) is 0 Å². The van der Waals surface area contributed by atoms with Crippen LogP contribution < -0.4 is 11.1 Å². The SMILES string of the molecule is Cc1cc2cc(NC(=O)c3ccc(N)cc3)ccc2o1. The zero-order valence-electron chi connectivity index (χ0n) is 11.0. The smallest absolute Gasteiger partial charge is 0.255 e. The maximum Gasteiger partial charge on any atom is 0.255 e. The van der Waals surface area contributed by atoms with Crippen molar-refractivity contribution < 1.29 is 9.21 Å². The highest BCUT2D eigenvalue weighted by atomic mass is 16.3. The quantitative estimate of drug-likeness (QED) is 0.697. The van der Waals surface area contributed by atoms with E-state index in [-0.39, 0.29) is 5.91 Å². The number of fused-ring (bicyclic) bond motifs is 1. The summed E-state index contributed by atoms with van der Waals surface area (Å²) in [4.78, 5) is 12.1. The molecule has 2 aromatic carbocycles. The number of hydrogen-bond donors (Lipinski definition) is 2. The summed E-state index contributed by atoms with van der Waals surface area (Å²) in [5.74, 6) is 0.687. The lowest BCUT2D eigenvalue weighted by Gasteiger charge is -2.05. The molecule has 0 unspecified atom stereocenters. The summed E-state index contributed by atoms with van der Waals surface area (Å²) in [6.07, 6.45) is 0. The minimum Gasteiger partial charge on any atom is -0.461 e. The molecule has 4 heteroatoms. The highest BCUT2D eigenvalue weighted by molar-refractivity contribution is 6.05. The molecule has 4 nitrogen and oxygen atoms in total. The van der Waals surface area contributed by atoms with Crippen LogP contribution in [-0.4, -0.2) is 5.91 Å². The van der Waals surface area contributed by atoms with Gasteiger partial charge in [0.15, 0.2) is 0 Å². The molecule has 0 radical (unpaired) electrons. The Morgan fingerprint density at radius 3 is 2.60 bits per heavy atom. The van der Waals surface area contributed by atoms with Crippen molar-refractivity contribution in [2.75, 3.05) is 11.1 Å². The molecule has 20 heavy (non-hydrogen) atoms. The Morgan fingerprint density at radius 2 is 1.85 bits per heavy atom. The van der Waals surface area contributed by atoms with Gasteiger partial charge in [0.05, 0.1) is 0 Å². The van der Waals surface area contributed by atoms with E-state index in [0.717, 1.165) is 22.4 Å². The molecule has 3 aromatic rings. The van der Waals surface area contributed by atoms with E-state index in [1.54, 1.807) is 24.3 Å². The number of hydrogen-bond acceptors (Lipinski definition) is 3. The third-order valence-corrected chi connectivity index (χ3v) is 3.07. The predicted octanol–water partition coefficient (Wildman–Crippen LogP) is 3.58. The molecular formula is C16H14N2O2. The highest BCUT2D eigenvalue weighted by Gasteiger charge is 2.07. The molecule has 0 saturated carbocycles. The number of anilines is 2. The van der Waals surface area contributed by atoms with Gasteiger partial charge in [-0.25, -0.2) is 0 Å². The van der Waals surface area contributed by atoms with Gasteiger partial charge in [0.1, 0.15) is 11.3 Å². The van der Waals surface area contributed by atoms with Gasteiger partial charge in [0, 0.05) is 22.3 Å². The summed E-state index contributed by atoms with van der Waals surface area (Å²) in [7, 11) is 0. The molecule has 1 heterocycles. The summed E-state index contributed by atoms with van der Waals surface area (Å²) < 4.78 is 5.50. The number of nitrogen functional groups attached to an aromatic ring is 1. The maximum atomic E-state index is 12.1. The summed E-state index contributed by atoms with van der Waals surface area (Å²) in [5, 5.41) is 3.83. The van der Waals surface area contributed by atoms with Gasteiger partial charge in [-0.2, -0.15) is 0 Å². The molecule has 0 atom stereocenters. The summed E-state index contributed by atoms with van der Waals surface area (Å²) >= 11 is 0. The van der Waals surface area contributed by atoms with Crippen molar-refractivity contribution in [2.45, 2.75) is 6.92 Å². The van der Waals surface area contributed by atoms with Crippen molar-refractivity contribution in [2.24, 2.45) is 0 Å². The number of furan rings is 1. The zero-order chi connectivity index (χ0) is 14.1. The largest absolute Gasteiger partial charge is 0.461 e. The first-order chi connectivity index (χ1) is 9.61. The lowest BCUT2D eigenvalue weighted by molar-refractivity contribution is 0.102. The number of aryl methyl sites for hydroxylation is 1. The molecular weight excluding hydrogens is 252 g/mol. The van der Waals surface area contributed by atoms with E-state index < -0.39 is 0 Å². The van der Waals surface area contributed by atoms with E-state index in [2.05, 4.69) is 5.32 Å². The average Bonchev–Trinajstić information content (AvgIpc) is 2.78. The Labute approximate surface area is 116 Å². The number of benzene rings is 2. The van der Waals surface area contributed by atoms with E-state index in [1.807, 2.05) is 31.2 Å². The summed E-state index contributed by atoms with van der Waals surface area (Å²) in [5.41, 5.74) is 8.36. The van der Waals surface area contributed by atoms with Crippen LogP contribution in [0.5, 0.6) is 0 Å². The lowest BCUT2D eigenvalue weighted by atomic mass is 10.2. The van der Waals surface area contributed by atoms with Crippen LogP contribution in [0.15, 0.2) is 52.9 Å². The second-order valence-electron chi connectivity index (χ2n) is 4.69. The summed E-state index contributed by atoms with van der Waals surface area (Å²) in [6, 6.07) is 14.3. The van der Waals surface area contributed by atoms with Crippen LogP contribution in [0.1, 0.15) is 16.1 Å². The van der Waals surface area contributed by atoms with Crippen molar-refractivity contribution in [3.05, 3.63) is 59.9 Å². The predicted molar refractivity (Wildman–Crippen MR) is 79.8 cm³/mol. The molecule has 0 bridgehead atoms. The molecule has 3 N–H and O–H groups in total. The van der Waals surface area contributed by atoms with Crippen molar-refractivity contribution in [1.29, 1.82) is 0 Å². The van der Waals surface area contributed by atoms with E-state index >= 15 is 0 Å². The zero-order valence-corrected chi connectivity index (χ0v) is 11.0. The van der Waals surface area contributed by atoms with Gasteiger partial charge in [-0.3, -0.25) is 4.79 Å². The number of carbonyl (C=O) groups excluding carboxylic acids is 1. The lowest BCUT2D eigenvalue weighted by Crippen LogP contribution is -2.11. The minimum atomic E-state index is -0.162. The van der Waals surface area contributed by atoms with Crippen molar-refractivity contribution in [1.82, 2.24) is 0 Å². The molecule has 0 aliphatic carbocycles. The number of nitrogens with one attached hydrogen (secondary N) is 1. The Bertz CT molecular complexity index is 773. The van der Waals surface area contributed by atoms with E-state index in [4.69, 9.17) is 10.2 Å². The Balaban J connectivity index is 1.84. The third kappa shape index (κ3) is 2.36. The molecule has 3 rings (SSSR count). The van der Waals surface area contributed by atoms with E-state index in [0.29, 0.717) is 11.3 Å². The molecule has 0 aliphatic rings. The molecule has 1 aromatic heterocycles. The first kappa shape index (κ1) is 12.3. The first-order valence-electron chi connectivity index (χ1n) is 6.29. The van der Waals surface area contributed by atoms with Crippen LogP contribution in [0.2, 0.25) is 0 Å². The minimum absolute atomic E-state index is 0.162. The van der Waals surface area contributed by atoms with Gasteiger partial charge in [0.2, 0.25) is 0 Å². The Morgan fingerprint density at radius 1 is 1.10 bits per heavy atom. The Kier molecular flexibility index (Phi) is 2.91. The number of carbonyl (C=O) groups is 1. The fraction of sp³-hybridized carbons (Fsp3) is 0.0625. The van der Waals surface area contributed by atoms with Crippen molar-refractivity contribution in [3.63, 3.8) is 0 Å². The van der Waals surface area contributed by atoms with Crippen LogP contribution in [-0.2, 0) is 0 Å². The second kappa shape index (κ2) is 4.74. The van der Waals surface area contributed by atoms with Crippen LogP contribution in [0, 0.1) is 6.92 Å².